The van der Waals surface area contributed by atoms with Crippen molar-refractivity contribution >= 4 is 6.03 Å². The van der Waals surface area contributed by atoms with Gasteiger partial charge in [0.05, 0.1) is 24.9 Å². The number of ether oxygens (including phenoxy) is 2. The summed E-state index contributed by atoms with van der Waals surface area (Å²) in [4.78, 5) is 12.4. The van der Waals surface area contributed by atoms with Crippen molar-refractivity contribution < 1.29 is 14.3 Å². The van der Waals surface area contributed by atoms with Gasteiger partial charge in [0.15, 0.2) is 0 Å². The van der Waals surface area contributed by atoms with E-state index in [1.54, 1.807) is 0 Å². The lowest BCUT2D eigenvalue weighted by Gasteiger charge is -2.24. The Balaban J connectivity index is 1.14. The normalized spacial score (nSPS) is 32.8. The second kappa shape index (κ2) is 9.22. The summed E-state index contributed by atoms with van der Waals surface area (Å²) in [5.41, 5.74) is 1.07. The number of hydrogen-bond acceptors (Lipinski definition) is 5. The second-order valence-corrected chi connectivity index (χ2v) is 9.62. The summed E-state index contributed by atoms with van der Waals surface area (Å²) in [6, 6.07) is 0.107. The molecule has 8 heteroatoms. The fourth-order valence-electron chi connectivity index (χ4n) is 5.73. The molecular weight excluding hydrogens is 382 g/mol. The molecule has 1 aromatic rings. The van der Waals surface area contributed by atoms with Crippen LogP contribution in [0.2, 0.25) is 0 Å². The van der Waals surface area contributed by atoms with Gasteiger partial charge in [-0.3, -0.25) is 0 Å². The zero-order valence-corrected chi connectivity index (χ0v) is 17.8. The third-order valence-electron chi connectivity index (χ3n) is 7.40. The topological polar surface area (TPSA) is 90.3 Å². The summed E-state index contributed by atoms with van der Waals surface area (Å²) in [6.45, 7) is 1.03. The number of carbonyl (C=O) groups is 1. The number of rotatable bonds is 5. The minimum atomic E-state index is -0.127. The molecule has 2 amide bonds. The van der Waals surface area contributed by atoms with E-state index in [9.17, 15) is 4.79 Å². The molecular formula is C22H35N5O3. The summed E-state index contributed by atoms with van der Waals surface area (Å²) in [7, 11) is 0. The van der Waals surface area contributed by atoms with Crippen molar-refractivity contribution in [3.05, 3.63) is 11.9 Å². The molecule has 8 nitrogen and oxygen atoms in total. The van der Waals surface area contributed by atoms with E-state index in [4.69, 9.17) is 9.47 Å². The molecule has 0 bridgehead atoms. The van der Waals surface area contributed by atoms with Crippen LogP contribution < -0.4 is 10.6 Å². The van der Waals surface area contributed by atoms with Crippen molar-refractivity contribution in [1.29, 1.82) is 0 Å². The highest BCUT2D eigenvalue weighted by atomic mass is 16.6. The molecule has 2 saturated heterocycles. The lowest BCUT2D eigenvalue weighted by molar-refractivity contribution is 0.0622. The van der Waals surface area contributed by atoms with Crippen molar-refractivity contribution in [2.45, 2.75) is 101 Å². The Morgan fingerprint density at radius 3 is 2.50 bits per heavy atom. The van der Waals surface area contributed by atoms with E-state index in [0.717, 1.165) is 30.9 Å². The predicted molar refractivity (Wildman–Crippen MR) is 111 cm³/mol. The van der Waals surface area contributed by atoms with Crippen molar-refractivity contribution in [3.8, 4) is 0 Å². The second-order valence-electron chi connectivity index (χ2n) is 9.62. The Hall–Kier alpha value is -1.67. The largest absolute Gasteiger partial charge is 0.371 e. The predicted octanol–water partition coefficient (Wildman–Crippen LogP) is 2.74. The lowest BCUT2D eigenvalue weighted by Crippen LogP contribution is -2.50. The van der Waals surface area contributed by atoms with Crippen LogP contribution in [0.4, 0.5) is 4.79 Å². The third-order valence-corrected chi connectivity index (χ3v) is 7.40. The van der Waals surface area contributed by atoms with E-state index < -0.39 is 0 Å². The molecule has 2 aliphatic heterocycles. The van der Waals surface area contributed by atoms with Gasteiger partial charge in [-0.05, 0) is 25.2 Å². The van der Waals surface area contributed by atoms with Gasteiger partial charge in [0, 0.05) is 12.2 Å². The molecule has 4 unspecified atom stereocenters. The number of fused-ring (bicyclic) bond motifs is 1. The first kappa shape index (κ1) is 20.2. The number of aromatic nitrogens is 3. The lowest BCUT2D eigenvalue weighted by atomic mass is 9.86. The van der Waals surface area contributed by atoms with Gasteiger partial charge in [0.1, 0.15) is 18.2 Å². The molecule has 4 atom stereocenters. The van der Waals surface area contributed by atoms with Crippen molar-refractivity contribution in [2.24, 2.45) is 5.92 Å². The quantitative estimate of drug-likeness (QED) is 0.769. The van der Waals surface area contributed by atoms with Crippen LogP contribution in [0.25, 0.3) is 0 Å². The minimum absolute atomic E-state index is 0.0239. The van der Waals surface area contributed by atoms with E-state index >= 15 is 0 Å². The van der Waals surface area contributed by atoms with Gasteiger partial charge in [-0.25, -0.2) is 9.48 Å². The first-order valence-electron chi connectivity index (χ1n) is 12.0. The molecule has 166 valence electrons. The molecule has 5 rings (SSSR count). The van der Waals surface area contributed by atoms with E-state index in [1.165, 1.54) is 51.4 Å². The Kier molecular flexibility index (Phi) is 6.22. The summed E-state index contributed by atoms with van der Waals surface area (Å²) < 4.78 is 14.0. The highest BCUT2D eigenvalue weighted by Crippen LogP contribution is 2.34. The molecule has 4 aliphatic rings. The first-order chi connectivity index (χ1) is 14.8. The monoisotopic (exact) mass is 417 g/mol. The van der Waals surface area contributed by atoms with Gasteiger partial charge < -0.3 is 20.1 Å². The van der Waals surface area contributed by atoms with Gasteiger partial charge in [-0.1, -0.05) is 56.6 Å². The van der Waals surface area contributed by atoms with Crippen molar-refractivity contribution in [2.75, 3.05) is 13.2 Å². The summed E-state index contributed by atoms with van der Waals surface area (Å²) >= 11 is 0. The highest BCUT2D eigenvalue weighted by Gasteiger charge is 2.49. The van der Waals surface area contributed by atoms with Crippen LogP contribution in [-0.4, -0.2) is 58.5 Å². The minimum Gasteiger partial charge on any atom is -0.371 e. The summed E-state index contributed by atoms with van der Waals surface area (Å²) in [5.74, 6) is 0.746. The average molecular weight is 418 g/mol. The zero-order chi connectivity index (χ0) is 20.3. The van der Waals surface area contributed by atoms with Crippen LogP contribution in [0.1, 0.15) is 75.9 Å². The molecule has 0 spiro atoms. The Bertz CT molecular complexity index is 713. The molecule has 0 radical (unpaired) electrons. The molecule has 0 aromatic carbocycles. The SMILES string of the molecule is O=C(NC1CCCCC1)NC1COC2C1OCC2n1cc(CC2CCCCC2)nn1. The van der Waals surface area contributed by atoms with Crippen molar-refractivity contribution in [1.82, 2.24) is 25.6 Å². The van der Waals surface area contributed by atoms with Crippen LogP contribution in [0.3, 0.4) is 0 Å². The number of nitrogens with zero attached hydrogens (tertiary/aromatic N) is 3. The third kappa shape index (κ3) is 4.49. The van der Waals surface area contributed by atoms with Gasteiger partial charge in [-0.2, -0.15) is 0 Å². The number of hydrogen-bond donors (Lipinski definition) is 2. The smallest absolute Gasteiger partial charge is 0.315 e. The first-order valence-corrected chi connectivity index (χ1v) is 12.0. The van der Waals surface area contributed by atoms with Gasteiger partial charge in [0.25, 0.3) is 0 Å². The molecule has 30 heavy (non-hydrogen) atoms. The van der Waals surface area contributed by atoms with E-state index in [-0.39, 0.29) is 30.3 Å². The van der Waals surface area contributed by atoms with Gasteiger partial charge >= 0.3 is 6.03 Å². The van der Waals surface area contributed by atoms with Crippen LogP contribution in [-0.2, 0) is 15.9 Å². The van der Waals surface area contributed by atoms with Crippen LogP contribution >= 0.6 is 0 Å². The standard InChI is InChI=1S/C22H35N5O3/c28-22(23-16-9-5-2-6-10-16)24-18-13-29-21-19(14-30-20(18)21)27-12-17(25-26-27)11-15-7-3-1-4-8-15/h12,15-16,18-21H,1-11,13-14H2,(H2,23,24,28). The number of nitrogens with one attached hydrogen (secondary N) is 2. The molecule has 1 aromatic heterocycles. The van der Waals surface area contributed by atoms with E-state index in [0.29, 0.717) is 19.3 Å². The summed E-state index contributed by atoms with van der Waals surface area (Å²) in [6.07, 6.45) is 15.4. The van der Waals surface area contributed by atoms with Gasteiger partial charge in [0.2, 0.25) is 0 Å². The molecule has 2 aliphatic carbocycles. The Labute approximate surface area is 178 Å². The fourth-order valence-corrected chi connectivity index (χ4v) is 5.73. The molecule has 2 N–H and O–H groups in total. The Morgan fingerprint density at radius 1 is 0.967 bits per heavy atom. The number of carbonyl (C=O) groups excluding carboxylic acids is 1. The molecule has 4 fully saturated rings. The Morgan fingerprint density at radius 2 is 1.70 bits per heavy atom. The maximum atomic E-state index is 12.4. The maximum absolute atomic E-state index is 12.4. The van der Waals surface area contributed by atoms with E-state index in [2.05, 4.69) is 27.1 Å². The summed E-state index contributed by atoms with van der Waals surface area (Å²) in [5, 5.41) is 15.0. The molecule has 3 heterocycles. The van der Waals surface area contributed by atoms with E-state index in [1.807, 2.05) is 4.68 Å². The average Bonchev–Trinajstić information content (AvgIpc) is 3.47. The fraction of sp³-hybridized carbons (Fsp3) is 0.864. The van der Waals surface area contributed by atoms with Gasteiger partial charge in [-0.15, -0.1) is 5.10 Å². The zero-order valence-electron chi connectivity index (χ0n) is 17.8. The number of amides is 2. The van der Waals surface area contributed by atoms with Crippen molar-refractivity contribution in [3.63, 3.8) is 0 Å². The van der Waals surface area contributed by atoms with Crippen LogP contribution in [0.5, 0.6) is 0 Å². The van der Waals surface area contributed by atoms with Crippen LogP contribution in [0, 0.1) is 5.92 Å². The molecule has 2 saturated carbocycles. The van der Waals surface area contributed by atoms with Crippen LogP contribution in [0.15, 0.2) is 6.20 Å². The maximum Gasteiger partial charge on any atom is 0.315 e. The highest BCUT2D eigenvalue weighted by molar-refractivity contribution is 5.74. The number of urea groups is 1.